The molecule has 0 aliphatic heterocycles. The highest BCUT2D eigenvalue weighted by Crippen LogP contribution is 2.26. The second kappa shape index (κ2) is 10.2. The number of anilines is 1. The second-order valence-corrected chi connectivity index (χ2v) is 10.1. The molecule has 0 aliphatic rings. The fourth-order valence-corrected chi connectivity index (χ4v) is 4.27. The molecule has 0 saturated carbocycles. The van der Waals surface area contributed by atoms with Crippen molar-refractivity contribution in [3.8, 4) is 0 Å². The zero-order chi connectivity index (χ0) is 23.3. The molecule has 3 aromatic carbocycles. The molecule has 0 fully saturated rings. The quantitative estimate of drug-likeness (QED) is 0.465. The smallest absolute Gasteiger partial charge is 0.339 e. The van der Waals surface area contributed by atoms with Gasteiger partial charge in [-0.1, -0.05) is 65.7 Å². The van der Waals surface area contributed by atoms with E-state index in [0.29, 0.717) is 26.9 Å². The topological polar surface area (TPSA) is 89.5 Å². The average Bonchev–Trinajstić information content (AvgIpc) is 2.71. The molecule has 6 nitrogen and oxygen atoms in total. The third-order valence-corrected chi connectivity index (χ3v) is 5.61. The normalized spacial score (nSPS) is 12.1. The minimum absolute atomic E-state index is 0.139. The number of esters is 1. The first-order valence-corrected chi connectivity index (χ1v) is 12.2. The number of ether oxygens (including phenoxy) is 1. The van der Waals surface area contributed by atoms with Crippen LogP contribution in [0.5, 0.6) is 0 Å². The van der Waals surface area contributed by atoms with Crippen LogP contribution < -0.4 is 5.32 Å². The molecule has 0 saturated heterocycles. The molecule has 1 unspecified atom stereocenters. The fraction of sp³-hybridized carbons (Fsp3) is 0.130. The van der Waals surface area contributed by atoms with Gasteiger partial charge in [-0.05, 0) is 35.9 Å². The maximum absolute atomic E-state index is 13.0. The van der Waals surface area contributed by atoms with E-state index in [-0.39, 0.29) is 11.3 Å². The Labute approximate surface area is 196 Å². The molecule has 1 amide bonds. The summed E-state index contributed by atoms with van der Waals surface area (Å²) in [6.45, 7) is 0. The van der Waals surface area contributed by atoms with Crippen LogP contribution in [-0.4, -0.2) is 26.6 Å². The molecule has 0 heterocycles. The second-order valence-electron chi connectivity index (χ2n) is 7.11. The van der Waals surface area contributed by atoms with E-state index in [1.807, 2.05) is 0 Å². The van der Waals surface area contributed by atoms with E-state index in [0.717, 1.165) is 6.26 Å². The number of benzene rings is 3. The van der Waals surface area contributed by atoms with Crippen LogP contribution in [0.4, 0.5) is 5.69 Å². The Kier molecular flexibility index (Phi) is 7.56. The molecular formula is C23H19Cl2NO5S. The van der Waals surface area contributed by atoms with Crippen molar-refractivity contribution in [2.24, 2.45) is 0 Å². The minimum atomic E-state index is -3.20. The van der Waals surface area contributed by atoms with Gasteiger partial charge < -0.3 is 10.1 Å². The number of halogens is 2. The molecule has 0 radical (unpaired) electrons. The highest BCUT2D eigenvalue weighted by atomic mass is 35.5. The molecule has 3 aromatic rings. The molecule has 0 aliphatic carbocycles. The number of rotatable bonds is 7. The lowest BCUT2D eigenvalue weighted by atomic mass is 10.1. The number of hydrogen-bond donors (Lipinski definition) is 1. The van der Waals surface area contributed by atoms with Crippen molar-refractivity contribution in [1.82, 2.24) is 0 Å². The molecular weight excluding hydrogens is 473 g/mol. The van der Waals surface area contributed by atoms with E-state index in [1.165, 1.54) is 42.5 Å². The molecule has 166 valence electrons. The largest absolute Gasteiger partial charge is 0.444 e. The molecule has 0 aromatic heterocycles. The van der Waals surface area contributed by atoms with Gasteiger partial charge in [0, 0.05) is 27.6 Å². The van der Waals surface area contributed by atoms with Gasteiger partial charge in [-0.3, -0.25) is 4.79 Å². The number of hydrogen-bond acceptors (Lipinski definition) is 5. The molecule has 9 heteroatoms. The third-order valence-electron chi connectivity index (χ3n) is 4.31. The van der Waals surface area contributed by atoms with Gasteiger partial charge in [-0.15, -0.1) is 0 Å². The SMILES string of the molecule is CS(=O)(=O)Cc1ccc(C(=O)OC(C(=O)Nc2cc(Cl)cc(Cl)c2)c2ccccc2)cc1. The summed E-state index contributed by atoms with van der Waals surface area (Å²) >= 11 is 12.0. The summed E-state index contributed by atoms with van der Waals surface area (Å²) in [6, 6.07) is 19.1. The van der Waals surface area contributed by atoms with Gasteiger partial charge in [-0.25, -0.2) is 13.2 Å². The lowest BCUT2D eigenvalue weighted by Gasteiger charge is -2.18. The Morgan fingerprint density at radius 1 is 0.938 bits per heavy atom. The van der Waals surface area contributed by atoms with Crippen LogP contribution in [0.25, 0.3) is 0 Å². The summed E-state index contributed by atoms with van der Waals surface area (Å²) in [5.74, 6) is -1.46. The molecule has 0 bridgehead atoms. The van der Waals surface area contributed by atoms with Crippen LogP contribution >= 0.6 is 23.2 Å². The summed E-state index contributed by atoms with van der Waals surface area (Å²) in [6.07, 6.45) is -0.108. The zero-order valence-corrected chi connectivity index (χ0v) is 19.2. The first-order valence-electron chi connectivity index (χ1n) is 9.40. The molecule has 1 atom stereocenters. The van der Waals surface area contributed by atoms with Gasteiger partial charge in [0.2, 0.25) is 6.10 Å². The van der Waals surface area contributed by atoms with Crippen LogP contribution in [0, 0.1) is 0 Å². The highest BCUT2D eigenvalue weighted by molar-refractivity contribution is 7.89. The fourth-order valence-electron chi connectivity index (χ4n) is 2.95. The van der Waals surface area contributed by atoms with Crippen LogP contribution in [0.2, 0.25) is 10.0 Å². The van der Waals surface area contributed by atoms with Gasteiger partial charge in [0.05, 0.1) is 11.3 Å². The van der Waals surface area contributed by atoms with Crippen molar-refractivity contribution in [1.29, 1.82) is 0 Å². The van der Waals surface area contributed by atoms with Gasteiger partial charge in [0.15, 0.2) is 9.84 Å². The van der Waals surface area contributed by atoms with E-state index in [1.54, 1.807) is 30.3 Å². The van der Waals surface area contributed by atoms with Crippen molar-refractivity contribution < 1.29 is 22.7 Å². The average molecular weight is 492 g/mol. The summed E-state index contributed by atoms with van der Waals surface area (Å²) in [7, 11) is -3.20. The van der Waals surface area contributed by atoms with Gasteiger partial charge in [0.25, 0.3) is 5.91 Å². The Bertz CT molecular complexity index is 1210. The van der Waals surface area contributed by atoms with Gasteiger partial charge >= 0.3 is 5.97 Å². The third kappa shape index (κ3) is 6.82. The first kappa shape index (κ1) is 23.8. The van der Waals surface area contributed by atoms with Gasteiger partial charge in [0.1, 0.15) is 0 Å². The van der Waals surface area contributed by atoms with Crippen molar-refractivity contribution in [3.63, 3.8) is 0 Å². The molecule has 0 spiro atoms. The maximum Gasteiger partial charge on any atom is 0.339 e. The Hall–Kier alpha value is -2.87. The Morgan fingerprint density at radius 3 is 2.09 bits per heavy atom. The van der Waals surface area contributed by atoms with Crippen molar-refractivity contribution in [2.75, 3.05) is 11.6 Å². The maximum atomic E-state index is 13.0. The number of sulfone groups is 1. The van der Waals surface area contributed by atoms with E-state index < -0.39 is 27.8 Å². The molecule has 32 heavy (non-hydrogen) atoms. The lowest BCUT2D eigenvalue weighted by molar-refractivity contribution is -0.125. The van der Waals surface area contributed by atoms with E-state index >= 15 is 0 Å². The minimum Gasteiger partial charge on any atom is -0.444 e. The van der Waals surface area contributed by atoms with Crippen LogP contribution in [0.15, 0.2) is 72.8 Å². The number of carbonyl (C=O) groups is 2. The van der Waals surface area contributed by atoms with Gasteiger partial charge in [-0.2, -0.15) is 0 Å². The molecule has 1 N–H and O–H groups in total. The number of amides is 1. The van der Waals surface area contributed by atoms with E-state index in [4.69, 9.17) is 27.9 Å². The van der Waals surface area contributed by atoms with Crippen molar-refractivity contribution in [2.45, 2.75) is 11.9 Å². The lowest BCUT2D eigenvalue weighted by Crippen LogP contribution is -2.26. The molecule has 3 rings (SSSR count). The standard InChI is InChI=1S/C23H19Cl2NO5S/c1-32(29,30)14-15-7-9-17(10-8-15)23(28)31-21(16-5-3-2-4-6-16)22(27)26-20-12-18(24)11-19(25)13-20/h2-13,21H,14H2,1H3,(H,26,27). The first-order chi connectivity index (χ1) is 15.1. The number of carbonyl (C=O) groups excluding carboxylic acids is 2. The van der Waals surface area contributed by atoms with Crippen LogP contribution in [0.3, 0.4) is 0 Å². The van der Waals surface area contributed by atoms with Crippen LogP contribution in [-0.2, 0) is 25.1 Å². The summed E-state index contributed by atoms with van der Waals surface area (Å²) in [5, 5.41) is 3.35. The Morgan fingerprint density at radius 2 is 1.53 bits per heavy atom. The van der Waals surface area contributed by atoms with E-state index in [2.05, 4.69) is 5.32 Å². The predicted molar refractivity (Wildman–Crippen MR) is 125 cm³/mol. The van der Waals surface area contributed by atoms with E-state index in [9.17, 15) is 18.0 Å². The monoisotopic (exact) mass is 491 g/mol. The summed E-state index contributed by atoms with van der Waals surface area (Å²) in [4.78, 5) is 25.7. The predicted octanol–water partition coefficient (Wildman–Crippen LogP) is 5.07. The van der Waals surface area contributed by atoms with Crippen molar-refractivity contribution in [3.05, 3.63) is 99.5 Å². The van der Waals surface area contributed by atoms with Crippen LogP contribution in [0.1, 0.15) is 27.6 Å². The number of nitrogens with one attached hydrogen (secondary N) is 1. The highest BCUT2D eigenvalue weighted by Gasteiger charge is 2.26. The zero-order valence-electron chi connectivity index (χ0n) is 16.9. The Balaban J connectivity index is 1.81. The summed E-state index contributed by atoms with van der Waals surface area (Å²) < 4.78 is 28.4. The van der Waals surface area contributed by atoms with Crippen molar-refractivity contribution >= 4 is 50.6 Å². The summed E-state index contributed by atoms with van der Waals surface area (Å²) in [5.41, 5.74) is 1.55.